The van der Waals surface area contributed by atoms with Gasteiger partial charge < -0.3 is 4.74 Å². The molecular weight excluding hydrogens is 226 g/mol. The monoisotopic (exact) mass is 239 g/mol. The van der Waals surface area contributed by atoms with Gasteiger partial charge in [0.15, 0.2) is 5.71 Å². The van der Waals surface area contributed by atoms with Crippen LogP contribution in [0.3, 0.4) is 0 Å². The van der Waals surface area contributed by atoms with Crippen molar-refractivity contribution < 1.29 is 19.1 Å². The number of carbonyl (C=O) groups is 3. The topological polar surface area (TPSA) is 88.1 Å². The summed E-state index contributed by atoms with van der Waals surface area (Å²) in [7, 11) is 0. The Kier molecular flexibility index (Phi) is 2.83. The van der Waals surface area contributed by atoms with Gasteiger partial charge in [-0.3, -0.25) is 19.9 Å². The summed E-state index contributed by atoms with van der Waals surface area (Å²) in [4.78, 5) is 36.4. The number of carbonyl (C=O) groups excluding carboxylic acids is 3. The van der Waals surface area contributed by atoms with Crippen LogP contribution >= 0.6 is 0 Å². The molecule has 17 heavy (non-hydrogen) atoms. The number of hydrogen-bond donors (Lipinski definition) is 1. The van der Waals surface area contributed by atoms with E-state index in [9.17, 15) is 14.4 Å². The zero-order chi connectivity index (χ0) is 12.6. The third-order valence-electron chi connectivity index (χ3n) is 2.82. The molecule has 0 aliphatic carbocycles. The number of amides is 2. The van der Waals surface area contributed by atoms with E-state index in [1.807, 2.05) is 0 Å². The fraction of sp³-hybridized carbons (Fsp3) is 0.600. The number of hydrazone groups is 1. The van der Waals surface area contributed by atoms with Gasteiger partial charge in [0.25, 0.3) is 5.91 Å². The smallest absolute Gasteiger partial charge is 0.355 e. The van der Waals surface area contributed by atoms with Crippen molar-refractivity contribution in [1.29, 1.82) is 0 Å². The first-order valence-corrected chi connectivity index (χ1v) is 5.47. The fourth-order valence-corrected chi connectivity index (χ4v) is 2.03. The Bertz CT molecular complexity index is 418. The SMILES string of the molecule is CCOC(=O)C1=NN[C@@H]2C(=O)N(CC)C(=O)[C@@H]12. The van der Waals surface area contributed by atoms with Crippen LogP contribution in [0.5, 0.6) is 0 Å². The molecule has 0 aromatic carbocycles. The Morgan fingerprint density at radius 1 is 1.41 bits per heavy atom. The Morgan fingerprint density at radius 3 is 2.71 bits per heavy atom. The maximum absolute atomic E-state index is 11.9. The van der Waals surface area contributed by atoms with E-state index >= 15 is 0 Å². The quantitative estimate of drug-likeness (QED) is 0.498. The molecule has 1 fully saturated rings. The van der Waals surface area contributed by atoms with E-state index in [1.54, 1.807) is 13.8 Å². The molecule has 0 saturated carbocycles. The van der Waals surface area contributed by atoms with Crippen LogP contribution in [0, 0.1) is 5.92 Å². The molecule has 0 bridgehead atoms. The summed E-state index contributed by atoms with van der Waals surface area (Å²) in [5.41, 5.74) is 2.52. The number of fused-ring (bicyclic) bond motifs is 1. The Hall–Kier alpha value is -1.92. The van der Waals surface area contributed by atoms with Crippen molar-refractivity contribution in [3.63, 3.8) is 0 Å². The van der Waals surface area contributed by atoms with Crippen molar-refractivity contribution >= 4 is 23.5 Å². The molecule has 0 spiro atoms. The standard InChI is InChI=1S/C10H13N3O4/c1-3-13-8(14)5-6(9(13)15)11-12-7(5)10(16)17-4-2/h5-6,11H,3-4H2,1-2H3/t5-,6+/m1/s1. The molecular formula is C10H13N3O4. The van der Waals surface area contributed by atoms with Crippen LogP contribution in [0.15, 0.2) is 5.10 Å². The van der Waals surface area contributed by atoms with Crippen LogP contribution in [0.1, 0.15) is 13.8 Å². The zero-order valence-electron chi connectivity index (χ0n) is 9.60. The number of esters is 1. The highest BCUT2D eigenvalue weighted by Crippen LogP contribution is 2.26. The minimum absolute atomic E-state index is 0.00819. The average molecular weight is 239 g/mol. The van der Waals surface area contributed by atoms with Gasteiger partial charge in [-0.2, -0.15) is 5.10 Å². The lowest BCUT2D eigenvalue weighted by Crippen LogP contribution is -2.36. The first-order chi connectivity index (χ1) is 8.11. The van der Waals surface area contributed by atoms with Gasteiger partial charge in [-0.1, -0.05) is 0 Å². The van der Waals surface area contributed by atoms with Crippen LogP contribution in [-0.4, -0.2) is 47.6 Å². The summed E-state index contributed by atoms with van der Waals surface area (Å²) in [6.07, 6.45) is 0. The second kappa shape index (κ2) is 4.15. The van der Waals surface area contributed by atoms with E-state index in [0.29, 0.717) is 6.54 Å². The highest BCUT2D eigenvalue weighted by Gasteiger charge is 2.54. The van der Waals surface area contributed by atoms with Gasteiger partial charge in [0.05, 0.1) is 6.61 Å². The van der Waals surface area contributed by atoms with Crippen LogP contribution in [0.4, 0.5) is 0 Å². The number of imide groups is 1. The van der Waals surface area contributed by atoms with E-state index < -0.39 is 17.9 Å². The van der Waals surface area contributed by atoms with E-state index in [2.05, 4.69) is 10.5 Å². The minimum atomic E-state index is -0.832. The number of rotatable bonds is 3. The molecule has 2 aliphatic heterocycles. The summed E-state index contributed by atoms with van der Waals surface area (Å²) >= 11 is 0. The largest absolute Gasteiger partial charge is 0.461 e. The number of ether oxygens (including phenoxy) is 1. The number of nitrogens with one attached hydrogen (secondary N) is 1. The average Bonchev–Trinajstić information content (AvgIpc) is 2.82. The molecule has 0 radical (unpaired) electrons. The van der Waals surface area contributed by atoms with Crippen molar-refractivity contribution in [1.82, 2.24) is 10.3 Å². The first kappa shape index (κ1) is 11.6. The number of likely N-dealkylation sites (N-methyl/N-ethyl adjacent to an activating group) is 1. The lowest BCUT2D eigenvalue weighted by Gasteiger charge is -2.11. The molecule has 92 valence electrons. The van der Waals surface area contributed by atoms with Crippen LogP contribution in [-0.2, 0) is 19.1 Å². The lowest BCUT2D eigenvalue weighted by atomic mass is 9.99. The third-order valence-corrected chi connectivity index (χ3v) is 2.82. The molecule has 7 nitrogen and oxygen atoms in total. The predicted molar refractivity (Wildman–Crippen MR) is 56.9 cm³/mol. The molecule has 2 heterocycles. The highest BCUT2D eigenvalue weighted by molar-refractivity contribution is 6.43. The lowest BCUT2D eigenvalue weighted by molar-refractivity contribution is -0.140. The van der Waals surface area contributed by atoms with Crippen LogP contribution < -0.4 is 5.43 Å². The maximum atomic E-state index is 11.9. The Balaban J connectivity index is 2.23. The fourth-order valence-electron chi connectivity index (χ4n) is 2.03. The summed E-state index contributed by atoms with van der Waals surface area (Å²) in [6, 6.07) is -0.748. The van der Waals surface area contributed by atoms with Crippen LogP contribution in [0.25, 0.3) is 0 Å². The molecule has 1 N–H and O–H groups in total. The van der Waals surface area contributed by atoms with Gasteiger partial charge in [-0.15, -0.1) is 0 Å². The maximum Gasteiger partial charge on any atom is 0.355 e. The summed E-state index contributed by atoms with van der Waals surface area (Å²) in [5.74, 6) is -2.21. The van der Waals surface area contributed by atoms with Crippen molar-refractivity contribution in [2.45, 2.75) is 19.9 Å². The Morgan fingerprint density at radius 2 is 2.12 bits per heavy atom. The minimum Gasteiger partial charge on any atom is -0.461 e. The molecule has 0 unspecified atom stereocenters. The third kappa shape index (κ3) is 1.58. The zero-order valence-corrected chi connectivity index (χ0v) is 9.60. The van der Waals surface area contributed by atoms with Gasteiger partial charge in [-0.25, -0.2) is 4.79 Å². The molecule has 0 aromatic heterocycles. The molecule has 2 aliphatic rings. The first-order valence-electron chi connectivity index (χ1n) is 5.47. The van der Waals surface area contributed by atoms with Gasteiger partial charge >= 0.3 is 5.97 Å². The van der Waals surface area contributed by atoms with E-state index in [-0.39, 0.29) is 24.1 Å². The molecule has 2 atom stereocenters. The molecule has 7 heteroatoms. The Labute approximate surface area is 97.8 Å². The molecule has 1 saturated heterocycles. The van der Waals surface area contributed by atoms with E-state index in [0.717, 1.165) is 4.90 Å². The van der Waals surface area contributed by atoms with Gasteiger partial charge in [0.1, 0.15) is 12.0 Å². The van der Waals surface area contributed by atoms with Crippen molar-refractivity contribution in [2.75, 3.05) is 13.2 Å². The second-order valence-corrected chi connectivity index (χ2v) is 3.72. The van der Waals surface area contributed by atoms with Gasteiger partial charge in [0, 0.05) is 6.54 Å². The number of likely N-dealkylation sites (tertiary alicyclic amines) is 1. The second-order valence-electron chi connectivity index (χ2n) is 3.72. The summed E-state index contributed by atoms with van der Waals surface area (Å²) in [5, 5.41) is 3.73. The van der Waals surface area contributed by atoms with Crippen LogP contribution in [0.2, 0.25) is 0 Å². The normalized spacial score (nSPS) is 26.7. The predicted octanol–water partition coefficient (Wildman–Crippen LogP) is -1.12. The number of hydrogen-bond acceptors (Lipinski definition) is 6. The summed E-state index contributed by atoms with van der Waals surface area (Å²) in [6.45, 7) is 3.87. The summed E-state index contributed by atoms with van der Waals surface area (Å²) < 4.78 is 4.79. The van der Waals surface area contributed by atoms with Gasteiger partial charge in [0.2, 0.25) is 5.91 Å². The van der Waals surface area contributed by atoms with E-state index in [4.69, 9.17) is 4.74 Å². The van der Waals surface area contributed by atoms with Crippen molar-refractivity contribution in [3.05, 3.63) is 0 Å². The molecule has 2 rings (SSSR count). The number of nitrogens with zero attached hydrogens (tertiary/aromatic N) is 2. The highest BCUT2D eigenvalue weighted by atomic mass is 16.5. The van der Waals surface area contributed by atoms with Gasteiger partial charge in [-0.05, 0) is 13.8 Å². The van der Waals surface area contributed by atoms with Crippen molar-refractivity contribution in [3.8, 4) is 0 Å². The molecule has 0 aromatic rings. The van der Waals surface area contributed by atoms with Crippen molar-refractivity contribution in [2.24, 2.45) is 11.0 Å². The van der Waals surface area contributed by atoms with E-state index in [1.165, 1.54) is 0 Å². The molecule has 2 amide bonds.